The Kier molecular flexibility index (Phi) is 6.06. The molecular formula is C20H22O5. The highest BCUT2D eigenvalue weighted by molar-refractivity contribution is 6.07. The maximum atomic E-state index is 12.4. The number of hydrogen-bond acceptors (Lipinski definition) is 5. The lowest BCUT2D eigenvalue weighted by atomic mass is 10.1. The summed E-state index contributed by atoms with van der Waals surface area (Å²) in [5.74, 6) is 2.24. The maximum absolute atomic E-state index is 12.4. The molecule has 2 rings (SSSR count). The first kappa shape index (κ1) is 18.4. The Labute approximate surface area is 147 Å². The van der Waals surface area contributed by atoms with Crippen molar-refractivity contribution < 1.29 is 23.7 Å². The van der Waals surface area contributed by atoms with E-state index in [1.807, 2.05) is 6.92 Å². The summed E-state index contributed by atoms with van der Waals surface area (Å²) in [6.07, 6.45) is 3.23. The van der Waals surface area contributed by atoms with Crippen LogP contribution in [-0.4, -0.2) is 34.2 Å². The van der Waals surface area contributed by atoms with Gasteiger partial charge in [-0.2, -0.15) is 0 Å². The molecule has 0 heterocycles. The van der Waals surface area contributed by atoms with Gasteiger partial charge in [-0.3, -0.25) is 4.79 Å². The van der Waals surface area contributed by atoms with Crippen LogP contribution in [0.5, 0.6) is 23.0 Å². The minimum Gasteiger partial charge on any atom is -0.496 e. The van der Waals surface area contributed by atoms with Crippen molar-refractivity contribution in [2.45, 2.75) is 6.92 Å². The lowest BCUT2D eigenvalue weighted by Gasteiger charge is -2.12. The van der Waals surface area contributed by atoms with Crippen LogP contribution in [-0.2, 0) is 0 Å². The number of rotatable bonds is 7. The number of hydrogen-bond donors (Lipinski definition) is 0. The minimum atomic E-state index is -0.0977. The van der Waals surface area contributed by atoms with E-state index >= 15 is 0 Å². The molecule has 0 aliphatic carbocycles. The molecule has 5 nitrogen and oxygen atoms in total. The molecule has 0 spiro atoms. The molecule has 0 amide bonds. The zero-order valence-electron chi connectivity index (χ0n) is 15.1. The van der Waals surface area contributed by atoms with Gasteiger partial charge < -0.3 is 18.9 Å². The number of aryl methyl sites for hydroxylation is 1. The van der Waals surface area contributed by atoms with Crippen LogP contribution >= 0.6 is 0 Å². The third-order valence-corrected chi connectivity index (χ3v) is 3.79. The van der Waals surface area contributed by atoms with Crippen LogP contribution in [0.1, 0.15) is 21.5 Å². The van der Waals surface area contributed by atoms with Crippen LogP contribution in [0, 0.1) is 6.92 Å². The molecule has 0 saturated carbocycles. The molecule has 132 valence electrons. The predicted octanol–water partition coefficient (Wildman–Crippen LogP) is 3.93. The molecule has 0 fully saturated rings. The monoisotopic (exact) mass is 342 g/mol. The molecule has 2 aromatic carbocycles. The third kappa shape index (κ3) is 4.12. The average molecular weight is 342 g/mol. The van der Waals surface area contributed by atoms with Crippen LogP contribution in [0.15, 0.2) is 36.4 Å². The third-order valence-electron chi connectivity index (χ3n) is 3.79. The van der Waals surface area contributed by atoms with Gasteiger partial charge in [0.1, 0.15) is 5.75 Å². The largest absolute Gasteiger partial charge is 0.496 e. The van der Waals surface area contributed by atoms with Crippen molar-refractivity contribution in [2.75, 3.05) is 28.4 Å². The summed E-state index contributed by atoms with van der Waals surface area (Å²) in [6.45, 7) is 1.90. The molecule has 2 aromatic rings. The quantitative estimate of drug-likeness (QED) is 0.564. The predicted molar refractivity (Wildman–Crippen MR) is 97.2 cm³/mol. The first-order valence-electron chi connectivity index (χ1n) is 7.71. The Morgan fingerprint density at radius 1 is 0.840 bits per heavy atom. The van der Waals surface area contributed by atoms with Gasteiger partial charge in [0, 0.05) is 5.56 Å². The fourth-order valence-corrected chi connectivity index (χ4v) is 2.50. The van der Waals surface area contributed by atoms with Crippen LogP contribution in [0.25, 0.3) is 6.08 Å². The summed E-state index contributed by atoms with van der Waals surface area (Å²) in [7, 11) is 6.26. The van der Waals surface area contributed by atoms with Crippen molar-refractivity contribution in [1.29, 1.82) is 0 Å². The summed E-state index contributed by atoms with van der Waals surface area (Å²) in [6, 6.07) is 8.90. The number of benzene rings is 2. The molecule has 0 unspecified atom stereocenters. The highest BCUT2D eigenvalue weighted by Gasteiger charge is 2.12. The van der Waals surface area contributed by atoms with Gasteiger partial charge in [0.05, 0.1) is 28.4 Å². The smallest absolute Gasteiger partial charge is 0.203 e. The van der Waals surface area contributed by atoms with Crippen molar-refractivity contribution >= 4 is 11.9 Å². The number of carbonyl (C=O) groups is 1. The van der Waals surface area contributed by atoms with Crippen molar-refractivity contribution in [3.63, 3.8) is 0 Å². The first-order valence-corrected chi connectivity index (χ1v) is 7.71. The summed E-state index contributed by atoms with van der Waals surface area (Å²) in [5, 5.41) is 0. The Morgan fingerprint density at radius 3 is 1.92 bits per heavy atom. The van der Waals surface area contributed by atoms with Crippen LogP contribution < -0.4 is 18.9 Å². The lowest BCUT2D eigenvalue weighted by molar-refractivity contribution is 0.104. The summed E-state index contributed by atoms with van der Waals surface area (Å²) in [4.78, 5) is 12.4. The van der Waals surface area contributed by atoms with Gasteiger partial charge in [0.25, 0.3) is 0 Å². The number of methoxy groups -OCH3 is 4. The van der Waals surface area contributed by atoms with E-state index in [0.29, 0.717) is 22.8 Å². The molecule has 0 saturated heterocycles. The Balaban J connectivity index is 2.29. The van der Waals surface area contributed by atoms with E-state index in [4.69, 9.17) is 18.9 Å². The Bertz CT molecular complexity index is 768. The second-order valence-corrected chi connectivity index (χ2v) is 5.34. The fraction of sp³-hybridized carbons (Fsp3) is 0.250. The zero-order chi connectivity index (χ0) is 18.4. The molecule has 0 aromatic heterocycles. The van der Waals surface area contributed by atoms with Gasteiger partial charge >= 0.3 is 0 Å². The molecule has 0 radical (unpaired) electrons. The second kappa shape index (κ2) is 8.24. The Morgan fingerprint density at radius 2 is 1.44 bits per heavy atom. The highest BCUT2D eigenvalue weighted by atomic mass is 16.5. The lowest BCUT2D eigenvalue weighted by Crippen LogP contribution is -1.97. The molecule has 0 aliphatic heterocycles. The standard InChI is InChI=1S/C20H22O5/c1-13-10-15(7-9-17(13)22-2)16(21)8-6-14-11-18(23-3)20(25-5)19(12-14)24-4/h6-12H,1-5H3/b8-6+. The minimum absolute atomic E-state index is 0.0977. The summed E-state index contributed by atoms with van der Waals surface area (Å²) >= 11 is 0. The van der Waals surface area contributed by atoms with E-state index in [2.05, 4.69) is 0 Å². The van der Waals surface area contributed by atoms with Gasteiger partial charge in [-0.05, 0) is 54.5 Å². The van der Waals surface area contributed by atoms with E-state index in [1.54, 1.807) is 64.8 Å². The SMILES string of the molecule is COc1ccc(C(=O)/C=C/c2cc(OC)c(OC)c(OC)c2)cc1C. The average Bonchev–Trinajstić information content (AvgIpc) is 2.64. The van der Waals surface area contributed by atoms with Gasteiger partial charge in [-0.1, -0.05) is 6.08 Å². The van der Waals surface area contributed by atoms with E-state index in [-0.39, 0.29) is 5.78 Å². The number of ether oxygens (including phenoxy) is 4. The highest BCUT2D eigenvalue weighted by Crippen LogP contribution is 2.38. The number of ketones is 1. The van der Waals surface area contributed by atoms with Crippen LogP contribution in [0.4, 0.5) is 0 Å². The van der Waals surface area contributed by atoms with E-state index < -0.39 is 0 Å². The van der Waals surface area contributed by atoms with Crippen LogP contribution in [0.3, 0.4) is 0 Å². The fourth-order valence-electron chi connectivity index (χ4n) is 2.50. The Hall–Kier alpha value is -2.95. The molecule has 0 bridgehead atoms. The second-order valence-electron chi connectivity index (χ2n) is 5.34. The van der Waals surface area contributed by atoms with E-state index in [0.717, 1.165) is 16.9 Å². The normalized spacial score (nSPS) is 10.6. The van der Waals surface area contributed by atoms with Crippen LogP contribution in [0.2, 0.25) is 0 Å². The summed E-state index contributed by atoms with van der Waals surface area (Å²) < 4.78 is 21.1. The maximum Gasteiger partial charge on any atom is 0.203 e. The molecular weight excluding hydrogens is 320 g/mol. The summed E-state index contributed by atoms with van der Waals surface area (Å²) in [5.41, 5.74) is 2.28. The van der Waals surface area contributed by atoms with E-state index in [9.17, 15) is 4.79 Å². The number of carbonyl (C=O) groups excluding carboxylic acids is 1. The van der Waals surface area contributed by atoms with Gasteiger partial charge in [-0.15, -0.1) is 0 Å². The van der Waals surface area contributed by atoms with Crippen molar-refractivity contribution in [1.82, 2.24) is 0 Å². The van der Waals surface area contributed by atoms with Gasteiger partial charge in [0.2, 0.25) is 5.75 Å². The molecule has 0 atom stereocenters. The number of allylic oxidation sites excluding steroid dienone is 1. The molecule has 25 heavy (non-hydrogen) atoms. The first-order chi connectivity index (χ1) is 12.0. The van der Waals surface area contributed by atoms with E-state index in [1.165, 1.54) is 6.08 Å². The topological polar surface area (TPSA) is 54.0 Å². The molecule has 5 heteroatoms. The zero-order valence-corrected chi connectivity index (χ0v) is 15.1. The van der Waals surface area contributed by atoms with Gasteiger partial charge in [0.15, 0.2) is 17.3 Å². The van der Waals surface area contributed by atoms with Gasteiger partial charge in [-0.25, -0.2) is 0 Å². The molecule has 0 aliphatic rings. The van der Waals surface area contributed by atoms with Crippen molar-refractivity contribution in [3.8, 4) is 23.0 Å². The van der Waals surface area contributed by atoms with Crippen molar-refractivity contribution in [2.24, 2.45) is 0 Å². The van der Waals surface area contributed by atoms with Crippen molar-refractivity contribution in [3.05, 3.63) is 53.1 Å². The molecule has 0 N–H and O–H groups in total.